The van der Waals surface area contributed by atoms with Crippen LogP contribution < -0.4 is 5.32 Å². The lowest BCUT2D eigenvalue weighted by Crippen LogP contribution is -2.33. The van der Waals surface area contributed by atoms with E-state index in [1.807, 2.05) is 6.08 Å². The second kappa shape index (κ2) is 10.2. The molecule has 4 heterocycles. The van der Waals surface area contributed by atoms with Crippen LogP contribution in [0.3, 0.4) is 0 Å². The van der Waals surface area contributed by atoms with Crippen molar-refractivity contribution in [2.75, 3.05) is 18.4 Å². The molecule has 2 amide bonds. The molecule has 1 atom stereocenters. The molecule has 0 radical (unpaired) electrons. The van der Waals surface area contributed by atoms with Crippen LogP contribution in [0.25, 0.3) is 27.7 Å². The highest BCUT2D eigenvalue weighted by Gasteiger charge is 2.36. The predicted octanol–water partition coefficient (Wildman–Crippen LogP) is 4.84. The van der Waals surface area contributed by atoms with Crippen molar-refractivity contribution in [3.8, 4) is 11.3 Å². The first-order valence-electron chi connectivity index (χ1n) is 12.1. The number of benzene rings is 1. The van der Waals surface area contributed by atoms with Crippen LogP contribution in [0.15, 0.2) is 67.8 Å². The van der Waals surface area contributed by atoms with Gasteiger partial charge in [-0.1, -0.05) is 30.9 Å². The third-order valence-electron chi connectivity index (χ3n) is 6.62. The van der Waals surface area contributed by atoms with Gasteiger partial charge in [-0.25, -0.2) is 9.97 Å². The van der Waals surface area contributed by atoms with Gasteiger partial charge >= 0.3 is 6.18 Å². The summed E-state index contributed by atoms with van der Waals surface area (Å²) in [5.74, 6) is -0.936. The zero-order valence-electron chi connectivity index (χ0n) is 20.9. The molecule has 1 unspecified atom stereocenters. The van der Waals surface area contributed by atoms with Gasteiger partial charge in [-0.2, -0.15) is 18.3 Å². The Morgan fingerprint density at radius 3 is 2.74 bits per heavy atom. The van der Waals surface area contributed by atoms with Crippen LogP contribution in [0.4, 0.5) is 19.1 Å². The molecule has 12 heteroatoms. The molecule has 5 rings (SSSR count). The van der Waals surface area contributed by atoms with Crippen LogP contribution >= 0.6 is 0 Å². The number of hydrogen-bond donors (Lipinski definition) is 2. The Hall–Kier alpha value is -4.74. The van der Waals surface area contributed by atoms with E-state index >= 15 is 0 Å². The van der Waals surface area contributed by atoms with Gasteiger partial charge in [0, 0.05) is 53.7 Å². The highest BCUT2D eigenvalue weighted by molar-refractivity contribution is 5.96. The van der Waals surface area contributed by atoms with Gasteiger partial charge in [0.1, 0.15) is 11.6 Å². The van der Waals surface area contributed by atoms with Crippen LogP contribution in [0.2, 0.25) is 0 Å². The Morgan fingerprint density at radius 2 is 2.03 bits per heavy atom. The fourth-order valence-corrected chi connectivity index (χ4v) is 4.43. The van der Waals surface area contributed by atoms with E-state index in [1.165, 1.54) is 17.0 Å². The van der Waals surface area contributed by atoms with Gasteiger partial charge in [-0.05, 0) is 31.1 Å². The van der Waals surface area contributed by atoms with Crippen molar-refractivity contribution in [2.24, 2.45) is 0 Å². The summed E-state index contributed by atoms with van der Waals surface area (Å²) in [7, 11) is 0. The highest BCUT2D eigenvalue weighted by atomic mass is 19.4. The van der Waals surface area contributed by atoms with E-state index in [2.05, 4.69) is 31.9 Å². The molecule has 4 aromatic rings. The predicted molar refractivity (Wildman–Crippen MR) is 139 cm³/mol. The quantitative estimate of drug-likeness (QED) is 0.344. The number of aromatic nitrogens is 5. The lowest BCUT2D eigenvalue weighted by Gasteiger charge is -2.25. The number of anilines is 1. The number of fused-ring (bicyclic) bond motifs is 1. The molecular formula is C27H24F3N7O2. The number of amides is 2. The molecule has 200 valence electrons. The van der Waals surface area contributed by atoms with Gasteiger partial charge in [0.2, 0.25) is 11.9 Å². The summed E-state index contributed by atoms with van der Waals surface area (Å²) >= 11 is 0. The Bertz CT molecular complexity index is 1600. The van der Waals surface area contributed by atoms with E-state index in [1.54, 1.807) is 48.5 Å². The molecule has 0 spiro atoms. The molecule has 2 N–H and O–H groups in total. The molecule has 0 fully saturated rings. The largest absolute Gasteiger partial charge is 0.419 e. The summed E-state index contributed by atoms with van der Waals surface area (Å²) in [5, 5.41) is 7.36. The van der Waals surface area contributed by atoms with Crippen molar-refractivity contribution < 1.29 is 22.8 Å². The van der Waals surface area contributed by atoms with Crippen molar-refractivity contribution in [3.63, 3.8) is 0 Å². The number of para-hydroxylation sites is 1. The van der Waals surface area contributed by atoms with Crippen LogP contribution in [-0.4, -0.2) is 54.5 Å². The van der Waals surface area contributed by atoms with Gasteiger partial charge in [-0.3, -0.25) is 19.6 Å². The van der Waals surface area contributed by atoms with E-state index in [4.69, 9.17) is 0 Å². The van der Waals surface area contributed by atoms with E-state index in [-0.39, 0.29) is 23.1 Å². The number of carbonyl (C=O) groups excluding carboxylic acids is 2. The lowest BCUT2D eigenvalue weighted by atomic mass is 10.0. The van der Waals surface area contributed by atoms with Gasteiger partial charge in [0.05, 0.1) is 11.9 Å². The van der Waals surface area contributed by atoms with E-state index in [0.717, 1.165) is 11.1 Å². The fourth-order valence-electron chi connectivity index (χ4n) is 4.43. The van der Waals surface area contributed by atoms with Gasteiger partial charge < -0.3 is 9.88 Å². The molecule has 1 aliphatic heterocycles. The number of nitrogens with zero attached hydrogens (tertiary/aromatic N) is 5. The van der Waals surface area contributed by atoms with Crippen LogP contribution in [-0.2, 0) is 15.8 Å². The minimum Gasteiger partial charge on any atom is -0.360 e. The zero-order chi connectivity index (χ0) is 27.7. The van der Waals surface area contributed by atoms with Crippen molar-refractivity contribution >= 4 is 34.2 Å². The molecule has 0 saturated carbocycles. The van der Waals surface area contributed by atoms with Gasteiger partial charge in [0.15, 0.2) is 0 Å². The summed E-state index contributed by atoms with van der Waals surface area (Å²) in [5.41, 5.74) is 1.36. The molecule has 39 heavy (non-hydrogen) atoms. The Labute approximate surface area is 221 Å². The van der Waals surface area contributed by atoms with Crippen LogP contribution in [0, 0.1) is 0 Å². The summed E-state index contributed by atoms with van der Waals surface area (Å²) in [6.45, 7) is 6.10. The number of H-pyrrole nitrogens is 1. The van der Waals surface area contributed by atoms with Gasteiger partial charge in [-0.15, -0.1) is 0 Å². The molecule has 1 aliphatic rings. The summed E-state index contributed by atoms with van der Waals surface area (Å²) in [6, 6.07) is 6.12. The number of aromatic amines is 1. The second-order valence-electron chi connectivity index (χ2n) is 9.04. The molecule has 3 aromatic heterocycles. The molecule has 0 saturated heterocycles. The maximum atomic E-state index is 13.8. The SMILES string of the molecule is C=CC(=O)N1CC=C(c2cnn(C(C)C(=O)Nc3ncc(C(F)(F)F)c(-c4c[nH]c5ccccc45)n3)c2)CC1. The van der Waals surface area contributed by atoms with Crippen molar-refractivity contribution in [2.45, 2.75) is 25.6 Å². The minimum atomic E-state index is -4.70. The maximum Gasteiger partial charge on any atom is 0.419 e. The molecule has 9 nitrogen and oxygen atoms in total. The van der Waals surface area contributed by atoms with E-state index < -0.39 is 23.7 Å². The summed E-state index contributed by atoms with van der Waals surface area (Å²) in [6.07, 6.45) is 4.61. The molecule has 0 aliphatic carbocycles. The fraction of sp³-hybridized carbons (Fsp3) is 0.222. The maximum absolute atomic E-state index is 13.8. The summed E-state index contributed by atoms with van der Waals surface area (Å²) < 4.78 is 42.9. The highest BCUT2D eigenvalue weighted by Crippen LogP contribution is 2.38. The van der Waals surface area contributed by atoms with Gasteiger partial charge in [0.25, 0.3) is 5.91 Å². The number of carbonyl (C=O) groups is 2. The van der Waals surface area contributed by atoms with E-state index in [9.17, 15) is 22.8 Å². The molecule has 0 bridgehead atoms. The minimum absolute atomic E-state index is 0.135. The second-order valence-corrected chi connectivity index (χ2v) is 9.04. The number of halogens is 3. The number of nitrogens with one attached hydrogen (secondary N) is 2. The average molecular weight is 536 g/mol. The Morgan fingerprint density at radius 1 is 1.23 bits per heavy atom. The monoisotopic (exact) mass is 535 g/mol. The van der Waals surface area contributed by atoms with E-state index in [0.29, 0.717) is 36.6 Å². The molecular weight excluding hydrogens is 511 g/mol. The number of rotatable bonds is 6. The third kappa shape index (κ3) is 5.17. The number of hydrogen-bond acceptors (Lipinski definition) is 5. The topological polar surface area (TPSA) is 109 Å². The third-order valence-corrected chi connectivity index (χ3v) is 6.62. The normalized spacial score (nSPS) is 14.7. The smallest absolute Gasteiger partial charge is 0.360 e. The Kier molecular flexibility index (Phi) is 6.77. The van der Waals surface area contributed by atoms with Crippen molar-refractivity contribution in [1.82, 2.24) is 29.6 Å². The Balaban J connectivity index is 1.36. The lowest BCUT2D eigenvalue weighted by molar-refractivity contribution is -0.137. The van der Waals surface area contributed by atoms with Crippen LogP contribution in [0.1, 0.15) is 30.5 Å². The number of alkyl halides is 3. The standard InChI is InChI=1S/C27H24F3N7O2/c1-3-23(38)36-10-8-17(9-11-36)18-12-33-37(15-18)16(2)25(39)35-26-32-14-21(27(28,29)30)24(34-26)20-13-31-22-7-5-4-6-19(20)22/h3-8,12-16,31H,1,9-11H2,2H3,(H,32,34,35,39). The average Bonchev–Trinajstić information content (AvgIpc) is 3.59. The zero-order valence-corrected chi connectivity index (χ0v) is 20.9. The van der Waals surface area contributed by atoms with Crippen molar-refractivity contribution in [1.29, 1.82) is 0 Å². The van der Waals surface area contributed by atoms with Crippen molar-refractivity contribution in [3.05, 3.63) is 78.9 Å². The summed E-state index contributed by atoms with van der Waals surface area (Å²) in [4.78, 5) is 37.3. The molecule has 1 aromatic carbocycles. The first-order chi connectivity index (χ1) is 18.7. The van der Waals surface area contributed by atoms with Crippen LogP contribution in [0.5, 0.6) is 0 Å². The first kappa shape index (κ1) is 25.9. The first-order valence-corrected chi connectivity index (χ1v) is 12.1.